The lowest BCUT2D eigenvalue weighted by atomic mass is 10.3. The van der Waals surface area contributed by atoms with Crippen LogP contribution in [0.5, 0.6) is 0 Å². The quantitative estimate of drug-likeness (QED) is 0.925. The summed E-state index contributed by atoms with van der Waals surface area (Å²) in [7, 11) is 0. The molecule has 16 heavy (non-hydrogen) atoms. The van der Waals surface area contributed by atoms with E-state index in [1.807, 2.05) is 24.3 Å². The highest BCUT2D eigenvalue weighted by Gasteiger charge is 2.04. The standard InChI is InChI=1S/C11H11BrN2O2/c12-9-1-3-10(4-2-9)14-6-5-13(7-8-15)11(14)16/h1-6,15H,7-8H2. The van der Waals surface area contributed by atoms with E-state index in [1.54, 1.807) is 17.0 Å². The lowest BCUT2D eigenvalue weighted by molar-refractivity contribution is 0.274. The summed E-state index contributed by atoms with van der Waals surface area (Å²) in [4.78, 5) is 11.8. The van der Waals surface area contributed by atoms with Gasteiger partial charge in [0.2, 0.25) is 0 Å². The van der Waals surface area contributed by atoms with Crippen LogP contribution < -0.4 is 5.69 Å². The predicted octanol–water partition coefficient (Wildman–Crippen LogP) is 1.39. The van der Waals surface area contributed by atoms with Crippen LogP contribution in [-0.4, -0.2) is 20.8 Å². The molecule has 2 rings (SSSR count). The summed E-state index contributed by atoms with van der Waals surface area (Å²) in [5.41, 5.74) is 0.668. The van der Waals surface area contributed by atoms with Gasteiger partial charge in [0.15, 0.2) is 0 Å². The number of rotatable bonds is 3. The van der Waals surface area contributed by atoms with Crippen LogP contribution in [0.15, 0.2) is 45.9 Å². The van der Waals surface area contributed by atoms with Crippen molar-refractivity contribution in [1.82, 2.24) is 9.13 Å². The summed E-state index contributed by atoms with van der Waals surface area (Å²) >= 11 is 3.34. The summed E-state index contributed by atoms with van der Waals surface area (Å²) in [5.74, 6) is 0. The largest absolute Gasteiger partial charge is 0.395 e. The van der Waals surface area contributed by atoms with Gasteiger partial charge < -0.3 is 5.11 Å². The van der Waals surface area contributed by atoms with Gasteiger partial charge in [-0.2, -0.15) is 0 Å². The number of halogens is 1. The summed E-state index contributed by atoms with van der Waals surface area (Å²) < 4.78 is 3.99. The van der Waals surface area contributed by atoms with Crippen molar-refractivity contribution < 1.29 is 5.11 Å². The summed E-state index contributed by atoms with van der Waals surface area (Å²) in [5, 5.41) is 8.79. The zero-order valence-electron chi connectivity index (χ0n) is 8.51. The monoisotopic (exact) mass is 282 g/mol. The number of aromatic nitrogens is 2. The molecule has 0 aliphatic rings. The van der Waals surface area contributed by atoms with Crippen molar-refractivity contribution in [1.29, 1.82) is 0 Å². The normalized spacial score (nSPS) is 10.6. The van der Waals surface area contributed by atoms with Gasteiger partial charge in [0.05, 0.1) is 18.8 Å². The molecule has 0 aliphatic carbocycles. The van der Waals surface area contributed by atoms with Crippen molar-refractivity contribution >= 4 is 15.9 Å². The number of hydrogen-bond donors (Lipinski definition) is 1. The Morgan fingerprint density at radius 3 is 2.50 bits per heavy atom. The molecule has 1 aromatic carbocycles. The van der Waals surface area contributed by atoms with Crippen LogP contribution in [0.25, 0.3) is 5.69 Å². The van der Waals surface area contributed by atoms with Crippen molar-refractivity contribution in [3.05, 3.63) is 51.6 Å². The van der Waals surface area contributed by atoms with E-state index in [0.717, 1.165) is 10.2 Å². The van der Waals surface area contributed by atoms with Gasteiger partial charge in [-0.3, -0.25) is 9.13 Å². The molecule has 0 radical (unpaired) electrons. The third kappa shape index (κ3) is 2.10. The third-order valence-electron chi connectivity index (χ3n) is 2.29. The third-order valence-corrected chi connectivity index (χ3v) is 2.82. The Hall–Kier alpha value is -1.33. The Kier molecular flexibility index (Phi) is 3.26. The van der Waals surface area contributed by atoms with Gasteiger partial charge in [0.1, 0.15) is 0 Å². The van der Waals surface area contributed by atoms with Crippen molar-refractivity contribution in [2.24, 2.45) is 0 Å². The summed E-state index contributed by atoms with van der Waals surface area (Å²) in [6.45, 7) is 0.284. The second-order valence-electron chi connectivity index (χ2n) is 3.34. The van der Waals surface area contributed by atoms with Crippen LogP contribution in [0.1, 0.15) is 0 Å². The van der Waals surface area contributed by atoms with E-state index in [9.17, 15) is 4.79 Å². The molecular weight excluding hydrogens is 272 g/mol. The van der Waals surface area contributed by atoms with Gasteiger partial charge in [0, 0.05) is 16.9 Å². The number of aliphatic hydroxyl groups excluding tert-OH is 1. The molecule has 0 fully saturated rings. The molecule has 0 saturated heterocycles. The average Bonchev–Trinajstić information content (AvgIpc) is 2.63. The molecule has 0 spiro atoms. The maximum atomic E-state index is 11.8. The van der Waals surface area contributed by atoms with Crippen LogP contribution in [-0.2, 0) is 6.54 Å². The van der Waals surface area contributed by atoms with Crippen LogP contribution >= 0.6 is 15.9 Å². The van der Waals surface area contributed by atoms with Gasteiger partial charge in [-0.25, -0.2) is 4.79 Å². The zero-order chi connectivity index (χ0) is 11.5. The van der Waals surface area contributed by atoms with Crippen molar-refractivity contribution in [3.63, 3.8) is 0 Å². The average molecular weight is 283 g/mol. The first kappa shape index (κ1) is 11.2. The highest BCUT2D eigenvalue weighted by atomic mass is 79.9. The molecule has 0 atom stereocenters. The SMILES string of the molecule is O=c1n(CCO)ccn1-c1ccc(Br)cc1. The van der Waals surface area contributed by atoms with E-state index in [2.05, 4.69) is 15.9 Å². The van der Waals surface area contributed by atoms with Crippen LogP contribution in [0.3, 0.4) is 0 Å². The molecule has 0 bridgehead atoms. The number of imidazole rings is 1. The fraction of sp³-hybridized carbons (Fsp3) is 0.182. The summed E-state index contributed by atoms with van der Waals surface area (Å²) in [6.07, 6.45) is 3.36. The molecule has 84 valence electrons. The zero-order valence-corrected chi connectivity index (χ0v) is 10.1. The Morgan fingerprint density at radius 1 is 1.19 bits per heavy atom. The highest BCUT2D eigenvalue weighted by molar-refractivity contribution is 9.10. The molecule has 0 aliphatic heterocycles. The van der Waals surface area contributed by atoms with Crippen molar-refractivity contribution in [3.8, 4) is 5.69 Å². The molecule has 1 heterocycles. The molecular formula is C11H11BrN2O2. The molecule has 0 unspecified atom stereocenters. The Labute approximate surface area is 101 Å². The molecule has 1 N–H and O–H groups in total. The van der Waals surface area contributed by atoms with E-state index in [0.29, 0.717) is 6.54 Å². The number of hydrogen-bond acceptors (Lipinski definition) is 2. The van der Waals surface area contributed by atoms with E-state index in [-0.39, 0.29) is 12.3 Å². The van der Waals surface area contributed by atoms with E-state index in [1.165, 1.54) is 4.57 Å². The Balaban J connectivity index is 2.41. The maximum Gasteiger partial charge on any atom is 0.332 e. The Bertz CT molecular complexity index is 528. The minimum atomic E-state index is -0.142. The van der Waals surface area contributed by atoms with Crippen LogP contribution in [0, 0.1) is 0 Å². The van der Waals surface area contributed by atoms with Crippen molar-refractivity contribution in [2.45, 2.75) is 6.54 Å². The topological polar surface area (TPSA) is 47.2 Å². The molecule has 0 amide bonds. The molecule has 0 saturated carbocycles. The smallest absolute Gasteiger partial charge is 0.332 e. The maximum absolute atomic E-state index is 11.8. The van der Waals surface area contributed by atoms with Crippen LogP contribution in [0.4, 0.5) is 0 Å². The predicted molar refractivity (Wildman–Crippen MR) is 64.8 cm³/mol. The lowest BCUT2D eigenvalue weighted by Crippen LogP contribution is -2.23. The molecule has 4 nitrogen and oxygen atoms in total. The second kappa shape index (κ2) is 4.67. The molecule has 5 heteroatoms. The van der Waals surface area contributed by atoms with Gasteiger partial charge in [-0.15, -0.1) is 0 Å². The highest BCUT2D eigenvalue weighted by Crippen LogP contribution is 2.12. The summed E-state index contributed by atoms with van der Waals surface area (Å²) in [6, 6.07) is 7.47. The second-order valence-corrected chi connectivity index (χ2v) is 4.26. The number of benzene rings is 1. The first-order chi connectivity index (χ1) is 7.72. The van der Waals surface area contributed by atoms with Gasteiger partial charge in [0.25, 0.3) is 0 Å². The van der Waals surface area contributed by atoms with Gasteiger partial charge >= 0.3 is 5.69 Å². The molecule has 2 aromatic rings. The minimum Gasteiger partial charge on any atom is -0.395 e. The van der Waals surface area contributed by atoms with E-state index < -0.39 is 0 Å². The number of aliphatic hydroxyl groups is 1. The van der Waals surface area contributed by atoms with Gasteiger partial charge in [-0.05, 0) is 24.3 Å². The van der Waals surface area contributed by atoms with Crippen LogP contribution in [0.2, 0.25) is 0 Å². The minimum absolute atomic E-state index is 0.0374. The van der Waals surface area contributed by atoms with Gasteiger partial charge in [-0.1, -0.05) is 15.9 Å². The van der Waals surface area contributed by atoms with E-state index >= 15 is 0 Å². The first-order valence-electron chi connectivity index (χ1n) is 4.87. The van der Waals surface area contributed by atoms with Crippen molar-refractivity contribution in [2.75, 3.05) is 6.61 Å². The van der Waals surface area contributed by atoms with E-state index in [4.69, 9.17) is 5.11 Å². The Morgan fingerprint density at radius 2 is 1.88 bits per heavy atom. The lowest BCUT2D eigenvalue weighted by Gasteiger charge is -2.01. The molecule has 1 aromatic heterocycles. The fourth-order valence-corrected chi connectivity index (χ4v) is 1.75. The number of nitrogens with zero attached hydrogens (tertiary/aromatic N) is 2. The fourth-order valence-electron chi connectivity index (χ4n) is 1.49. The first-order valence-corrected chi connectivity index (χ1v) is 5.66.